The maximum Gasteiger partial charge on any atom is 0.220 e. The predicted octanol–water partition coefficient (Wildman–Crippen LogP) is 23.8. The Morgan fingerprint density at radius 2 is 0.551 bits per heavy atom. The first kappa shape index (κ1) is 83.3. The van der Waals surface area contributed by atoms with Crippen LogP contribution in [0.4, 0.5) is 0 Å². The molecular formula is C99H134N4Si4+4. The van der Waals surface area contributed by atoms with Crippen molar-refractivity contribution in [3.63, 3.8) is 0 Å². The molecule has 107 heavy (non-hydrogen) atoms. The molecule has 0 aliphatic rings. The molecule has 0 N–H and O–H groups in total. The molecule has 0 saturated carbocycles. The van der Waals surface area contributed by atoms with Crippen molar-refractivity contribution in [2.24, 2.45) is 28.2 Å². The highest BCUT2D eigenvalue weighted by atomic mass is 28.3. The normalized spacial score (nSPS) is 12.2. The quantitative estimate of drug-likeness (QED) is 0.0677. The molecule has 0 unspecified atom stereocenters. The van der Waals surface area contributed by atoms with Crippen molar-refractivity contribution in [1.29, 1.82) is 0 Å². The van der Waals surface area contributed by atoms with Crippen molar-refractivity contribution in [3.05, 3.63) is 238 Å². The van der Waals surface area contributed by atoms with Gasteiger partial charge in [0.15, 0.2) is 24.8 Å². The van der Waals surface area contributed by atoms with Crippen LogP contribution in [-0.2, 0) is 28.2 Å². The number of nitrogens with zero attached hydrogens (tertiary/aromatic N) is 4. The Balaban J connectivity index is 0.000000165. The topological polar surface area (TPSA) is 15.5 Å². The molecule has 8 aromatic carbocycles. The van der Waals surface area contributed by atoms with E-state index in [9.17, 15) is 0 Å². The van der Waals surface area contributed by atoms with E-state index in [1.165, 1.54) is 177 Å². The summed E-state index contributed by atoms with van der Waals surface area (Å²) in [5.41, 5.74) is 24.7. The molecule has 4 heterocycles. The average Bonchev–Trinajstić information content (AvgIpc) is 0.778. The highest BCUT2D eigenvalue weighted by molar-refractivity contribution is 6.92. The Morgan fingerprint density at radius 3 is 0.850 bits per heavy atom. The number of aromatic nitrogens is 4. The average molecular weight is 1490 g/mol. The summed E-state index contributed by atoms with van der Waals surface area (Å²) in [6, 6.07) is 65.2. The van der Waals surface area contributed by atoms with Gasteiger partial charge in [-0.2, -0.15) is 0 Å². The van der Waals surface area contributed by atoms with Crippen molar-refractivity contribution in [1.82, 2.24) is 0 Å². The first-order chi connectivity index (χ1) is 50.1. The lowest BCUT2D eigenvalue weighted by atomic mass is 9.86. The molecule has 0 aliphatic heterocycles. The minimum Gasteiger partial charge on any atom is -0.200 e. The van der Waals surface area contributed by atoms with Crippen LogP contribution >= 0.6 is 0 Å². The minimum atomic E-state index is -1.36. The molecule has 4 aromatic heterocycles. The number of rotatable bonds is 16. The summed E-state index contributed by atoms with van der Waals surface area (Å²) in [5, 5.41) is 17.0. The van der Waals surface area contributed by atoms with Crippen LogP contribution in [0.15, 0.2) is 183 Å². The zero-order chi connectivity index (χ0) is 78.9. The Bertz CT molecular complexity index is 5210. The number of pyridine rings is 4. The molecule has 12 aromatic rings. The highest BCUT2D eigenvalue weighted by Gasteiger charge is 2.32. The van der Waals surface area contributed by atoms with Crippen LogP contribution in [0.3, 0.4) is 0 Å². The van der Waals surface area contributed by atoms with Crippen molar-refractivity contribution in [3.8, 4) is 45.0 Å². The Hall–Kier alpha value is -7.73. The number of fused-ring (bicyclic) bond motifs is 4. The third-order valence-electron chi connectivity index (χ3n) is 23.8. The molecule has 8 heteroatoms. The van der Waals surface area contributed by atoms with Crippen LogP contribution in [0, 0.1) is 34.6 Å². The second kappa shape index (κ2) is 33.6. The van der Waals surface area contributed by atoms with E-state index < -0.39 is 32.3 Å². The zero-order valence-electron chi connectivity index (χ0n) is 72.1. The molecule has 0 radical (unpaired) electrons. The van der Waals surface area contributed by atoms with E-state index in [2.05, 4.69) is 413 Å². The molecule has 0 atom stereocenters. The van der Waals surface area contributed by atoms with Crippen LogP contribution in [0.25, 0.3) is 88.1 Å². The fourth-order valence-electron chi connectivity index (χ4n) is 15.8. The van der Waals surface area contributed by atoms with Crippen molar-refractivity contribution >= 4 is 96.1 Å². The van der Waals surface area contributed by atoms with E-state index in [1.807, 2.05) is 0 Å². The molecule has 0 fully saturated rings. The summed E-state index contributed by atoms with van der Waals surface area (Å²) >= 11 is 0. The van der Waals surface area contributed by atoms with Gasteiger partial charge in [-0.1, -0.05) is 273 Å². The lowest BCUT2D eigenvalue weighted by Crippen LogP contribution is -2.45. The van der Waals surface area contributed by atoms with Crippen molar-refractivity contribution in [2.75, 3.05) is 0 Å². The predicted molar refractivity (Wildman–Crippen MR) is 482 cm³/mol. The van der Waals surface area contributed by atoms with Crippen LogP contribution in [0.2, 0.25) is 77.1 Å². The zero-order valence-corrected chi connectivity index (χ0v) is 76.1. The molecule has 12 rings (SSSR count). The maximum absolute atomic E-state index is 2.50. The maximum atomic E-state index is 2.50. The van der Waals surface area contributed by atoms with Crippen LogP contribution in [-0.4, -0.2) is 32.3 Å². The Morgan fingerprint density at radius 1 is 0.271 bits per heavy atom. The van der Waals surface area contributed by atoms with Crippen molar-refractivity contribution < 1.29 is 18.3 Å². The molecule has 0 aliphatic carbocycles. The van der Waals surface area contributed by atoms with Crippen LogP contribution in [0.1, 0.15) is 175 Å². The van der Waals surface area contributed by atoms with E-state index in [-0.39, 0.29) is 0 Å². The van der Waals surface area contributed by atoms with Gasteiger partial charge in [-0.15, -0.1) is 0 Å². The van der Waals surface area contributed by atoms with E-state index in [1.54, 1.807) is 5.19 Å². The number of hydrogen-bond acceptors (Lipinski definition) is 0. The summed E-state index contributed by atoms with van der Waals surface area (Å²) in [4.78, 5) is 0. The number of aryl methyl sites for hydroxylation is 7. The van der Waals surface area contributed by atoms with Crippen LogP contribution in [0.5, 0.6) is 0 Å². The molecule has 0 spiro atoms. The van der Waals surface area contributed by atoms with Gasteiger partial charge in [0.2, 0.25) is 22.8 Å². The van der Waals surface area contributed by atoms with Crippen molar-refractivity contribution in [2.45, 2.75) is 231 Å². The fraction of sp³-hybridized carbons (Fsp3) is 0.394. The van der Waals surface area contributed by atoms with E-state index in [0.29, 0.717) is 29.6 Å². The molecule has 0 amide bonds. The second-order valence-corrected chi connectivity index (χ2v) is 56.6. The van der Waals surface area contributed by atoms with Gasteiger partial charge in [0.05, 0.1) is 65.0 Å². The van der Waals surface area contributed by atoms with Gasteiger partial charge >= 0.3 is 0 Å². The molecule has 4 nitrogen and oxygen atoms in total. The largest absolute Gasteiger partial charge is 0.220 e. The summed E-state index contributed by atoms with van der Waals surface area (Å²) in [5.74, 6) is 2.66. The second-order valence-electron chi connectivity index (χ2n) is 36.1. The number of benzene rings is 8. The van der Waals surface area contributed by atoms with Gasteiger partial charge in [0, 0.05) is 35.4 Å². The third-order valence-corrected chi connectivity index (χ3v) is 35.5. The third kappa shape index (κ3) is 18.3. The van der Waals surface area contributed by atoms with Gasteiger partial charge < -0.3 is 0 Å². The van der Waals surface area contributed by atoms with Gasteiger partial charge in [-0.3, -0.25) is 0 Å². The minimum absolute atomic E-state index is 0.524. The molecule has 562 valence electrons. The van der Waals surface area contributed by atoms with Gasteiger partial charge in [-0.25, -0.2) is 18.3 Å². The summed E-state index contributed by atoms with van der Waals surface area (Å²) in [6.45, 7) is 63.0. The molecular weight excluding hydrogens is 1360 g/mol. The lowest BCUT2D eigenvalue weighted by Gasteiger charge is -2.29. The highest BCUT2D eigenvalue weighted by Crippen LogP contribution is 2.38. The smallest absolute Gasteiger partial charge is 0.200 e. The summed E-state index contributed by atoms with van der Waals surface area (Å²) in [7, 11) is 3.37. The summed E-state index contributed by atoms with van der Waals surface area (Å²) < 4.78 is 9.14. The first-order valence-corrected chi connectivity index (χ1v) is 53.5. The Labute approximate surface area is 652 Å². The first-order valence-electron chi connectivity index (χ1n) is 40.3. The molecule has 0 saturated heterocycles. The van der Waals surface area contributed by atoms with Gasteiger partial charge in [0.25, 0.3) is 0 Å². The summed E-state index contributed by atoms with van der Waals surface area (Å²) in [6.07, 6.45) is 8.87. The monoisotopic (exact) mass is 1490 g/mol. The van der Waals surface area contributed by atoms with E-state index >= 15 is 0 Å². The molecule has 0 bridgehead atoms. The fourth-order valence-corrected chi connectivity index (χ4v) is 23.0. The van der Waals surface area contributed by atoms with E-state index in [0.717, 1.165) is 0 Å². The van der Waals surface area contributed by atoms with Gasteiger partial charge in [-0.05, 0) is 190 Å². The standard InChI is InChI=1S/2C26H36NSi.C24H32NSi.C23H30NSi/c1-17(2)21-15-24(18(3)4)19(5)25(16-21)26-23-11-10-22(28(7,8)9)14-20(23)12-13-27(26)6;1-8-28(9-2,10-3)23-13-14-24-22(17-23)15-16-27(7)26(24)25-18-21(19(4)5)12-11-20(25)6;1-16(2)20-13-17(3)18(4)23(15-20)24-22-10-9-21(26(6,7)8)14-19(22)11-12-25(24)5;1-16(2)18-9-8-17(3)22(15-18)23-21-11-10-20(25(5,6)7)14-19(21)12-13-24(23)4/h10-18H,1-9H3;11-19H,8-10H2,1-7H3;9-16H,1-8H3;8-16H,1-7H3/q4*+1. The number of hydrogen-bond donors (Lipinski definition) is 0. The van der Waals surface area contributed by atoms with Gasteiger partial charge in [0.1, 0.15) is 28.2 Å². The SMILES string of the molecule is CC[Si](CC)(CC)c1ccc2c(-c3cc(C(C)C)ccc3C)[n+](C)ccc2c1.Cc1c(-c2c3ccc([Si](C)(C)C)cc3cc[n+]2C)cc(C(C)C)cc1C(C)C.Cc1cc(C(C)C)cc(-c2c3ccc([Si](C)(C)C)cc3cc[n+]2C)c1C.Cc1ccc(C(C)C)cc1-c1c2ccc([Si](C)(C)C)cc2cc[n+]1C. The lowest BCUT2D eigenvalue weighted by molar-refractivity contribution is -0.659. The Kier molecular flexibility index (Phi) is 26.2. The van der Waals surface area contributed by atoms with Crippen LogP contribution < -0.4 is 39.0 Å². The van der Waals surface area contributed by atoms with E-state index in [4.69, 9.17) is 0 Å².